The fourth-order valence-electron chi connectivity index (χ4n) is 4.10. The second-order valence-electron chi connectivity index (χ2n) is 8.76. The van der Waals surface area contributed by atoms with Crippen molar-refractivity contribution in [2.75, 3.05) is 0 Å². The van der Waals surface area contributed by atoms with Crippen LogP contribution in [0.2, 0.25) is 0 Å². The summed E-state index contributed by atoms with van der Waals surface area (Å²) in [5, 5.41) is 1.17. The fraction of sp³-hybridized carbons (Fsp3) is 0.226. The Morgan fingerprint density at radius 3 is 2.06 bits per heavy atom. The minimum absolute atomic E-state index is 0.150. The van der Waals surface area contributed by atoms with E-state index in [1.165, 1.54) is 49.1 Å². The van der Waals surface area contributed by atoms with Gasteiger partial charge in [-0.1, -0.05) is 86.2 Å². The predicted molar refractivity (Wildman–Crippen MR) is 135 cm³/mol. The standard InChI is InChI=1S/C31H26F4/c1-2-3-4-5-22-6-8-23(9-7-22)10-11-24-14-18-29-27(20-24)17-19-28(30(29)32)26-15-12-25(13-16-26)21-31(33,34)35/h6-9,12-20H,2-5,21H2,1H3. The van der Waals surface area contributed by atoms with E-state index in [2.05, 4.69) is 30.9 Å². The molecule has 0 aliphatic carbocycles. The first-order valence-electron chi connectivity index (χ1n) is 11.8. The van der Waals surface area contributed by atoms with Crippen molar-refractivity contribution in [2.45, 2.75) is 45.2 Å². The number of rotatable bonds is 6. The van der Waals surface area contributed by atoms with Crippen molar-refractivity contribution in [3.63, 3.8) is 0 Å². The predicted octanol–water partition coefficient (Wildman–Crippen LogP) is 8.88. The molecule has 4 heteroatoms. The average molecular weight is 475 g/mol. The van der Waals surface area contributed by atoms with E-state index in [0.717, 1.165) is 22.9 Å². The summed E-state index contributed by atoms with van der Waals surface area (Å²) in [5.41, 5.74) is 4.08. The first-order chi connectivity index (χ1) is 16.8. The average Bonchev–Trinajstić information content (AvgIpc) is 2.84. The van der Waals surface area contributed by atoms with Gasteiger partial charge in [0.05, 0.1) is 6.42 Å². The van der Waals surface area contributed by atoms with E-state index in [1.54, 1.807) is 18.2 Å². The van der Waals surface area contributed by atoms with Crippen LogP contribution >= 0.6 is 0 Å². The third kappa shape index (κ3) is 6.51. The first-order valence-corrected chi connectivity index (χ1v) is 11.8. The van der Waals surface area contributed by atoms with E-state index in [4.69, 9.17) is 0 Å². The lowest BCUT2D eigenvalue weighted by atomic mass is 9.98. The minimum atomic E-state index is -4.27. The van der Waals surface area contributed by atoms with Gasteiger partial charge in [-0.2, -0.15) is 13.2 Å². The molecule has 0 unspecified atom stereocenters. The van der Waals surface area contributed by atoms with Gasteiger partial charge in [0.2, 0.25) is 0 Å². The second kappa shape index (κ2) is 10.8. The van der Waals surface area contributed by atoms with Gasteiger partial charge in [0.15, 0.2) is 0 Å². The number of benzene rings is 4. The van der Waals surface area contributed by atoms with E-state index < -0.39 is 18.4 Å². The van der Waals surface area contributed by atoms with Crippen LogP contribution in [0, 0.1) is 17.7 Å². The zero-order valence-electron chi connectivity index (χ0n) is 19.6. The molecule has 0 bridgehead atoms. The van der Waals surface area contributed by atoms with Gasteiger partial charge in [0, 0.05) is 22.1 Å². The number of unbranched alkanes of at least 4 members (excludes halogenated alkanes) is 2. The first kappa shape index (κ1) is 24.5. The van der Waals surface area contributed by atoms with Crippen LogP contribution < -0.4 is 0 Å². The molecule has 0 nitrogen and oxygen atoms in total. The summed E-state index contributed by atoms with van der Waals surface area (Å²) in [7, 11) is 0. The summed E-state index contributed by atoms with van der Waals surface area (Å²) in [4.78, 5) is 0. The molecule has 0 saturated carbocycles. The molecule has 0 radical (unpaired) electrons. The highest BCUT2D eigenvalue weighted by molar-refractivity contribution is 5.89. The van der Waals surface area contributed by atoms with Gasteiger partial charge in [0.25, 0.3) is 0 Å². The molecule has 0 saturated heterocycles. The van der Waals surface area contributed by atoms with Gasteiger partial charge in [-0.3, -0.25) is 0 Å². The van der Waals surface area contributed by atoms with E-state index >= 15 is 4.39 Å². The smallest absolute Gasteiger partial charge is 0.206 e. The van der Waals surface area contributed by atoms with Crippen LogP contribution in [-0.2, 0) is 12.8 Å². The van der Waals surface area contributed by atoms with Gasteiger partial charge in [-0.05, 0) is 59.2 Å². The van der Waals surface area contributed by atoms with E-state index in [-0.39, 0.29) is 5.56 Å². The van der Waals surface area contributed by atoms with E-state index in [0.29, 0.717) is 16.5 Å². The second-order valence-corrected chi connectivity index (χ2v) is 8.76. The normalized spacial score (nSPS) is 11.3. The molecule has 0 aliphatic heterocycles. The van der Waals surface area contributed by atoms with Crippen LogP contribution in [0.5, 0.6) is 0 Å². The SMILES string of the molecule is CCCCCc1ccc(C#Cc2ccc3c(F)c(-c4ccc(CC(F)(F)F)cc4)ccc3c2)cc1. The molecule has 35 heavy (non-hydrogen) atoms. The van der Waals surface area contributed by atoms with Crippen LogP contribution in [0.15, 0.2) is 78.9 Å². The van der Waals surface area contributed by atoms with Crippen molar-refractivity contribution >= 4 is 10.8 Å². The molecular weight excluding hydrogens is 448 g/mol. The fourth-order valence-corrected chi connectivity index (χ4v) is 4.10. The summed E-state index contributed by atoms with van der Waals surface area (Å²) in [6, 6.07) is 22.9. The third-order valence-electron chi connectivity index (χ3n) is 6.00. The highest BCUT2D eigenvalue weighted by Gasteiger charge is 2.27. The Kier molecular flexibility index (Phi) is 7.56. The molecule has 0 fully saturated rings. The maximum atomic E-state index is 15.2. The van der Waals surface area contributed by atoms with Gasteiger partial charge in [-0.25, -0.2) is 4.39 Å². The number of hydrogen-bond acceptors (Lipinski definition) is 0. The summed E-state index contributed by atoms with van der Waals surface area (Å²) < 4.78 is 53.0. The number of fused-ring (bicyclic) bond motifs is 1. The lowest BCUT2D eigenvalue weighted by Gasteiger charge is -2.10. The Hall–Kier alpha value is -3.58. The van der Waals surface area contributed by atoms with Gasteiger partial charge >= 0.3 is 6.18 Å². The van der Waals surface area contributed by atoms with Gasteiger partial charge in [-0.15, -0.1) is 0 Å². The third-order valence-corrected chi connectivity index (χ3v) is 6.00. The largest absolute Gasteiger partial charge is 0.393 e. The monoisotopic (exact) mass is 474 g/mol. The summed E-state index contributed by atoms with van der Waals surface area (Å²) >= 11 is 0. The van der Waals surface area contributed by atoms with Crippen LogP contribution in [0.1, 0.15) is 48.4 Å². The molecule has 0 heterocycles. The molecule has 4 aromatic carbocycles. The highest BCUT2D eigenvalue weighted by atomic mass is 19.4. The molecular formula is C31H26F4. The highest BCUT2D eigenvalue weighted by Crippen LogP contribution is 2.30. The van der Waals surface area contributed by atoms with E-state index in [9.17, 15) is 13.2 Å². The Morgan fingerprint density at radius 2 is 1.37 bits per heavy atom. The molecule has 0 aliphatic rings. The Morgan fingerprint density at radius 1 is 0.714 bits per heavy atom. The van der Waals surface area contributed by atoms with Crippen molar-refractivity contribution in [1.82, 2.24) is 0 Å². The lowest BCUT2D eigenvalue weighted by molar-refractivity contribution is -0.127. The topological polar surface area (TPSA) is 0 Å². The molecule has 0 amide bonds. The van der Waals surface area contributed by atoms with Gasteiger partial charge < -0.3 is 0 Å². The van der Waals surface area contributed by atoms with E-state index in [1.807, 2.05) is 24.3 Å². The molecule has 4 rings (SSSR count). The number of hydrogen-bond donors (Lipinski definition) is 0. The quantitative estimate of drug-likeness (QED) is 0.149. The number of alkyl halides is 3. The molecule has 0 atom stereocenters. The zero-order chi connectivity index (χ0) is 24.8. The Balaban J connectivity index is 1.52. The molecule has 178 valence electrons. The molecule has 0 aromatic heterocycles. The Bertz CT molecular complexity index is 1350. The Labute approximate surface area is 203 Å². The maximum Gasteiger partial charge on any atom is 0.393 e. The summed E-state index contributed by atoms with van der Waals surface area (Å²) in [6.45, 7) is 2.20. The summed E-state index contributed by atoms with van der Waals surface area (Å²) in [6.07, 6.45) is -0.551. The maximum absolute atomic E-state index is 15.2. The van der Waals surface area contributed by atoms with Crippen molar-refractivity contribution < 1.29 is 17.6 Å². The van der Waals surface area contributed by atoms with Crippen molar-refractivity contribution in [3.8, 4) is 23.0 Å². The number of halogens is 4. The molecule has 0 spiro atoms. The zero-order valence-corrected chi connectivity index (χ0v) is 19.6. The van der Waals surface area contributed by atoms with Crippen LogP contribution in [0.4, 0.5) is 17.6 Å². The van der Waals surface area contributed by atoms with Gasteiger partial charge in [0.1, 0.15) is 5.82 Å². The van der Waals surface area contributed by atoms with Crippen LogP contribution in [-0.4, -0.2) is 6.18 Å². The molecule has 0 N–H and O–H groups in total. The van der Waals surface area contributed by atoms with Crippen LogP contribution in [0.3, 0.4) is 0 Å². The van der Waals surface area contributed by atoms with Crippen molar-refractivity contribution in [2.24, 2.45) is 0 Å². The minimum Gasteiger partial charge on any atom is -0.206 e. The summed E-state index contributed by atoms with van der Waals surface area (Å²) in [5.74, 6) is 5.92. The molecule has 4 aromatic rings. The van der Waals surface area contributed by atoms with Crippen LogP contribution in [0.25, 0.3) is 21.9 Å². The number of aryl methyl sites for hydroxylation is 1. The van der Waals surface area contributed by atoms with Crippen molar-refractivity contribution in [3.05, 3.63) is 107 Å². The lowest BCUT2D eigenvalue weighted by Crippen LogP contribution is -2.11. The van der Waals surface area contributed by atoms with Crippen molar-refractivity contribution in [1.29, 1.82) is 0 Å².